The highest BCUT2D eigenvalue weighted by Gasteiger charge is 2.39. The molecular weight excluding hydrogens is 238 g/mol. The first-order chi connectivity index (χ1) is 9.15. The smallest absolute Gasteiger partial charge is 0.105 e. The average molecular weight is 263 g/mol. The van der Waals surface area contributed by atoms with E-state index in [4.69, 9.17) is 4.74 Å². The second-order valence-electron chi connectivity index (χ2n) is 5.51. The van der Waals surface area contributed by atoms with Gasteiger partial charge in [0.1, 0.15) is 5.60 Å². The van der Waals surface area contributed by atoms with Crippen molar-refractivity contribution in [2.45, 2.75) is 44.3 Å². The summed E-state index contributed by atoms with van der Waals surface area (Å²) in [7, 11) is 0. The molecule has 3 unspecified atom stereocenters. The van der Waals surface area contributed by atoms with Crippen LogP contribution in [0, 0.1) is 0 Å². The molecule has 0 radical (unpaired) electrons. The summed E-state index contributed by atoms with van der Waals surface area (Å²) in [4.78, 5) is 0. The molecule has 0 aliphatic carbocycles. The Morgan fingerprint density at radius 2 is 2.16 bits per heavy atom. The molecule has 0 bridgehead atoms. The van der Waals surface area contributed by atoms with E-state index in [0.717, 1.165) is 19.4 Å². The molecule has 1 aromatic rings. The lowest BCUT2D eigenvalue weighted by atomic mass is 9.94. The van der Waals surface area contributed by atoms with Crippen LogP contribution in [0.3, 0.4) is 0 Å². The van der Waals surface area contributed by atoms with Gasteiger partial charge in [0.2, 0.25) is 0 Å². The van der Waals surface area contributed by atoms with Gasteiger partial charge in [-0.15, -0.1) is 0 Å². The lowest BCUT2D eigenvalue weighted by Crippen LogP contribution is -2.46. The third kappa shape index (κ3) is 3.56. The highest BCUT2D eigenvalue weighted by atomic mass is 16.5. The lowest BCUT2D eigenvalue weighted by molar-refractivity contribution is -0.0261. The summed E-state index contributed by atoms with van der Waals surface area (Å²) in [5.41, 5.74) is 0.662. The zero-order valence-corrected chi connectivity index (χ0v) is 11.9. The van der Waals surface area contributed by atoms with E-state index in [1.54, 1.807) is 0 Å². The molecule has 1 saturated heterocycles. The van der Waals surface area contributed by atoms with E-state index in [9.17, 15) is 5.11 Å². The Morgan fingerprint density at radius 3 is 2.74 bits per heavy atom. The molecule has 19 heavy (non-hydrogen) atoms. The number of rotatable bonds is 6. The summed E-state index contributed by atoms with van der Waals surface area (Å²) < 4.78 is 5.45. The van der Waals surface area contributed by atoms with E-state index in [-0.39, 0.29) is 6.10 Å². The van der Waals surface area contributed by atoms with Crippen LogP contribution < -0.4 is 5.32 Å². The zero-order chi connectivity index (χ0) is 13.7. The summed E-state index contributed by atoms with van der Waals surface area (Å²) >= 11 is 0. The molecule has 1 aliphatic rings. The molecule has 3 heteroatoms. The predicted molar refractivity (Wildman–Crippen MR) is 77.3 cm³/mol. The molecule has 0 amide bonds. The van der Waals surface area contributed by atoms with Crippen molar-refractivity contribution < 1.29 is 9.84 Å². The number of hydrogen-bond acceptors (Lipinski definition) is 3. The SMILES string of the molecule is CCC(CNCC1(O)CCOC1C)c1ccccc1. The summed E-state index contributed by atoms with van der Waals surface area (Å²) in [6.45, 7) is 6.32. The van der Waals surface area contributed by atoms with Crippen LogP contribution in [-0.2, 0) is 4.74 Å². The Kier molecular flexibility index (Phi) is 4.97. The molecule has 1 fully saturated rings. The zero-order valence-electron chi connectivity index (χ0n) is 11.9. The van der Waals surface area contributed by atoms with E-state index in [2.05, 4.69) is 36.5 Å². The molecule has 2 N–H and O–H groups in total. The van der Waals surface area contributed by atoms with Crippen molar-refractivity contribution in [3.8, 4) is 0 Å². The van der Waals surface area contributed by atoms with Gasteiger partial charge in [-0.05, 0) is 24.8 Å². The van der Waals surface area contributed by atoms with Gasteiger partial charge in [-0.1, -0.05) is 37.3 Å². The molecule has 1 heterocycles. The minimum absolute atomic E-state index is 0.0724. The molecular formula is C16H25NO2. The number of nitrogens with one attached hydrogen (secondary N) is 1. The van der Waals surface area contributed by atoms with Crippen LogP contribution in [-0.4, -0.2) is 36.5 Å². The van der Waals surface area contributed by atoms with Crippen LogP contribution in [0.1, 0.15) is 38.2 Å². The van der Waals surface area contributed by atoms with Crippen molar-refractivity contribution in [1.29, 1.82) is 0 Å². The summed E-state index contributed by atoms with van der Waals surface area (Å²) in [6.07, 6.45) is 1.75. The minimum Gasteiger partial charge on any atom is -0.386 e. The van der Waals surface area contributed by atoms with E-state index >= 15 is 0 Å². The lowest BCUT2D eigenvalue weighted by Gasteiger charge is -2.27. The molecule has 0 saturated carbocycles. The molecule has 106 valence electrons. The van der Waals surface area contributed by atoms with E-state index in [1.807, 2.05) is 13.0 Å². The Balaban J connectivity index is 1.84. The van der Waals surface area contributed by atoms with Gasteiger partial charge in [-0.3, -0.25) is 0 Å². The Labute approximate surface area is 116 Å². The minimum atomic E-state index is -0.699. The molecule has 1 aromatic carbocycles. The van der Waals surface area contributed by atoms with Crippen LogP contribution in [0.15, 0.2) is 30.3 Å². The van der Waals surface area contributed by atoms with Crippen molar-refractivity contribution in [1.82, 2.24) is 5.32 Å². The van der Waals surface area contributed by atoms with Crippen molar-refractivity contribution in [3.05, 3.63) is 35.9 Å². The first-order valence-electron chi connectivity index (χ1n) is 7.25. The topological polar surface area (TPSA) is 41.5 Å². The first-order valence-corrected chi connectivity index (χ1v) is 7.25. The van der Waals surface area contributed by atoms with E-state index < -0.39 is 5.60 Å². The number of ether oxygens (including phenoxy) is 1. The Bertz CT molecular complexity index is 382. The van der Waals surface area contributed by atoms with Crippen molar-refractivity contribution in [2.24, 2.45) is 0 Å². The Hall–Kier alpha value is -0.900. The van der Waals surface area contributed by atoms with Gasteiger partial charge < -0.3 is 15.2 Å². The van der Waals surface area contributed by atoms with Gasteiger partial charge in [0.05, 0.1) is 6.10 Å². The van der Waals surface area contributed by atoms with Gasteiger partial charge in [0.15, 0.2) is 0 Å². The largest absolute Gasteiger partial charge is 0.386 e. The third-order valence-corrected chi connectivity index (χ3v) is 4.25. The molecule has 2 rings (SSSR count). The summed E-state index contributed by atoms with van der Waals surface area (Å²) in [5.74, 6) is 0.502. The maximum Gasteiger partial charge on any atom is 0.105 e. The van der Waals surface area contributed by atoms with Crippen molar-refractivity contribution >= 4 is 0 Å². The van der Waals surface area contributed by atoms with Crippen LogP contribution in [0.4, 0.5) is 0 Å². The second kappa shape index (κ2) is 6.51. The standard InChI is InChI=1S/C16H25NO2/c1-3-14(15-7-5-4-6-8-15)11-17-12-16(18)9-10-19-13(16)2/h4-8,13-14,17-18H,3,9-12H2,1-2H3. The second-order valence-corrected chi connectivity index (χ2v) is 5.51. The Morgan fingerprint density at radius 1 is 1.42 bits per heavy atom. The molecule has 0 spiro atoms. The number of benzene rings is 1. The van der Waals surface area contributed by atoms with Crippen LogP contribution in [0.5, 0.6) is 0 Å². The predicted octanol–water partition coefficient (Wildman–Crippen LogP) is 2.31. The fourth-order valence-electron chi connectivity index (χ4n) is 2.69. The van der Waals surface area contributed by atoms with Gasteiger partial charge in [-0.2, -0.15) is 0 Å². The number of aliphatic hydroxyl groups is 1. The quantitative estimate of drug-likeness (QED) is 0.827. The van der Waals surface area contributed by atoms with E-state index in [0.29, 0.717) is 19.1 Å². The first kappa shape index (κ1) is 14.5. The van der Waals surface area contributed by atoms with Gasteiger partial charge in [0, 0.05) is 26.1 Å². The summed E-state index contributed by atoms with van der Waals surface area (Å²) in [6, 6.07) is 10.6. The fourth-order valence-corrected chi connectivity index (χ4v) is 2.69. The summed E-state index contributed by atoms with van der Waals surface area (Å²) in [5, 5.41) is 13.8. The van der Waals surface area contributed by atoms with Crippen LogP contribution >= 0.6 is 0 Å². The highest BCUT2D eigenvalue weighted by Crippen LogP contribution is 2.25. The van der Waals surface area contributed by atoms with Gasteiger partial charge >= 0.3 is 0 Å². The highest BCUT2D eigenvalue weighted by molar-refractivity contribution is 5.19. The molecule has 1 aliphatic heterocycles. The van der Waals surface area contributed by atoms with E-state index in [1.165, 1.54) is 5.56 Å². The van der Waals surface area contributed by atoms with Crippen molar-refractivity contribution in [3.63, 3.8) is 0 Å². The normalized spacial score (nSPS) is 28.5. The monoisotopic (exact) mass is 263 g/mol. The van der Waals surface area contributed by atoms with Gasteiger partial charge in [0.25, 0.3) is 0 Å². The third-order valence-electron chi connectivity index (χ3n) is 4.25. The van der Waals surface area contributed by atoms with Crippen LogP contribution in [0.2, 0.25) is 0 Å². The number of hydrogen-bond donors (Lipinski definition) is 2. The maximum atomic E-state index is 10.4. The maximum absolute atomic E-state index is 10.4. The molecule has 3 nitrogen and oxygen atoms in total. The average Bonchev–Trinajstić information content (AvgIpc) is 2.76. The molecule has 3 atom stereocenters. The molecule has 0 aromatic heterocycles. The fraction of sp³-hybridized carbons (Fsp3) is 0.625. The van der Waals surface area contributed by atoms with Gasteiger partial charge in [-0.25, -0.2) is 0 Å². The van der Waals surface area contributed by atoms with Crippen molar-refractivity contribution in [2.75, 3.05) is 19.7 Å². The van der Waals surface area contributed by atoms with Crippen LogP contribution in [0.25, 0.3) is 0 Å².